The molecule has 1 aromatic heterocycles. The van der Waals surface area contributed by atoms with E-state index in [9.17, 15) is 9.18 Å². The van der Waals surface area contributed by atoms with Gasteiger partial charge in [0.25, 0.3) is 5.91 Å². The molecule has 0 spiro atoms. The molecule has 1 aromatic carbocycles. The molecule has 1 amide bonds. The topological polar surface area (TPSA) is 52.6 Å². The van der Waals surface area contributed by atoms with Crippen LogP contribution in [-0.4, -0.2) is 60.0 Å². The van der Waals surface area contributed by atoms with Gasteiger partial charge in [0, 0.05) is 45.3 Å². The molecule has 2 fully saturated rings. The number of aromatic nitrogens is 2. The largest absolute Gasteiger partial charge is 0.356 e. The summed E-state index contributed by atoms with van der Waals surface area (Å²) in [6.07, 6.45) is 2.40. The summed E-state index contributed by atoms with van der Waals surface area (Å²) in [5.41, 5.74) is 0.339. The van der Waals surface area contributed by atoms with E-state index < -0.39 is 5.82 Å². The second kappa shape index (κ2) is 7.91. The Kier molecular flexibility index (Phi) is 5.35. The standard InChI is InChI=1S/C20H23ClFN5O/c1-14-23-18(25-6-2-3-7-25)13-19(24-14)26-8-10-27(11-9-26)20(28)16-5-4-15(22)12-17(16)21/h4-5,12-13H,2-3,6-11H2,1H3. The highest BCUT2D eigenvalue weighted by Gasteiger charge is 2.25. The van der Waals surface area contributed by atoms with Crippen molar-refractivity contribution < 1.29 is 9.18 Å². The third-order valence-electron chi connectivity index (χ3n) is 5.29. The monoisotopic (exact) mass is 403 g/mol. The van der Waals surface area contributed by atoms with E-state index in [1.165, 1.54) is 31.0 Å². The lowest BCUT2D eigenvalue weighted by Crippen LogP contribution is -2.49. The van der Waals surface area contributed by atoms with Crippen molar-refractivity contribution >= 4 is 29.1 Å². The van der Waals surface area contributed by atoms with Crippen LogP contribution in [0.15, 0.2) is 24.3 Å². The minimum atomic E-state index is -0.445. The first-order valence-electron chi connectivity index (χ1n) is 9.61. The summed E-state index contributed by atoms with van der Waals surface area (Å²) in [4.78, 5) is 28.2. The third-order valence-corrected chi connectivity index (χ3v) is 5.61. The molecule has 3 heterocycles. The van der Waals surface area contributed by atoms with E-state index >= 15 is 0 Å². The number of piperazine rings is 1. The number of benzene rings is 1. The van der Waals surface area contributed by atoms with Gasteiger partial charge in [-0.2, -0.15) is 0 Å². The van der Waals surface area contributed by atoms with Gasteiger partial charge in [-0.3, -0.25) is 4.79 Å². The van der Waals surface area contributed by atoms with Crippen LogP contribution in [0.3, 0.4) is 0 Å². The van der Waals surface area contributed by atoms with Gasteiger partial charge in [0.1, 0.15) is 23.3 Å². The van der Waals surface area contributed by atoms with Crippen molar-refractivity contribution in [3.63, 3.8) is 0 Å². The van der Waals surface area contributed by atoms with Crippen LogP contribution in [0.25, 0.3) is 0 Å². The smallest absolute Gasteiger partial charge is 0.255 e. The molecule has 4 rings (SSSR count). The highest BCUT2D eigenvalue weighted by atomic mass is 35.5. The second-order valence-electron chi connectivity index (χ2n) is 7.23. The Hall–Kier alpha value is -2.41. The number of amides is 1. The van der Waals surface area contributed by atoms with Crippen molar-refractivity contribution in [2.24, 2.45) is 0 Å². The molecule has 0 saturated carbocycles. The van der Waals surface area contributed by atoms with E-state index in [0.717, 1.165) is 30.5 Å². The number of hydrogen-bond acceptors (Lipinski definition) is 5. The Bertz CT molecular complexity index is 879. The minimum Gasteiger partial charge on any atom is -0.356 e. The van der Waals surface area contributed by atoms with Gasteiger partial charge in [0.15, 0.2) is 0 Å². The molecular weight excluding hydrogens is 381 g/mol. The number of aryl methyl sites for hydroxylation is 1. The molecular formula is C20H23ClFN5O. The number of carbonyl (C=O) groups excluding carboxylic acids is 1. The zero-order chi connectivity index (χ0) is 19.7. The summed E-state index contributed by atoms with van der Waals surface area (Å²) < 4.78 is 13.2. The van der Waals surface area contributed by atoms with Gasteiger partial charge >= 0.3 is 0 Å². The Morgan fingerprint density at radius 3 is 2.18 bits per heavy atom. The molecule has 0 unspecified atom stereocenters. The Balaban J connectivity index is 1.44. The summed E-state index contributed by atoms with van der Waals surface area (Å²) in [5, 5.41) is 0.147. The fraction of sp³-hybridized carbons (Fsp3) is 0.450. The van der Waals surface area contributed by atoms with Gasteiger partial charge in [-0.1, -0.05) is 11.6 Å². The molecule has 8 heteroatoms. The first kappa shape index (κ1) is 18.9. The van der Waals surface area contributed by atoms with Crippen LogP contribution in [0.2, 0.25) is 5.02 Å². The number of halogens is 2. The minimum absolute atomic E-state index is 0.147. The zero-order valence-electron chi connectivity index (χ0n) is 15.9. The molecule has 148 valence electrons. The predicted octanol–water partition coefficient (Wildman–Crippen LogP) is 3.14. The van der Waals surface area contributed by atoms with E-state index in [1.807, 2.05) is 13.0 Å². The summed E-state index contributed by atoms with van der Waals surface area (Å²) >= 11 is 6.05. The number of carbonyl (C=O) groups is 1. The second-order valence-corrected chi connectivity index (χ2v) is 7.64. The van der Waals surface area contributed by atoms with Crippen LogP contribution in [0.4, 0.5) is 16.0 Å². The summed E-state index contributed by atoms with van der Waals surface area (Å²) in [5.74, 6) is 2.04. The van der Waals surface area contributed by atoms with Crippen molar-refractivity contribution in [1.29, 1.82) is 0 Å². The molecule has 2 saturated heterocycles. The van der Waals surface area contributed by atoms with Crippen molar-refractivity contribution in [1.82, 2.24) is 14.9 Å². The lowest BCUT2D eigenvalue weighted by Gasteiger charge is -2.36. The normalized spacial score (nSPS) is 17.3. The molecule has 0 aliphatic carbocycles. The predicted molar refractivity (Wildman–Crippen MR) is 108 cm³/mol. The quantitative estimate of drug-likeness (QED) is 0.788. The Labute approximate surface area is 168 Å². The zero-order valence-corrected chi connectivity index (χ0v) is 16.6. The number of nitrogens with zero attached hydrogens (tertiary/aromatic N) is 5. The van der Waals surface area contributed by atoms with Crippen LogP contribution >= 0.6 is 11.6 Å². The van der Waals surface area contributed by atoms with Crippen molar-refractivity contribution in [2.45, 2.75) is 19.8 Å². The van der Waals surface area contributed by atoms with Crippen molar-refractivity contribution in [2.75, 3.05) is 49.1 Å². The average molecular weight is 404 g/mol. The van der Waals surface area contributed by atoms with Gasteiger partial charge in [0.2, 0.25) is 0 Å². The maximum Gasteiger partial charge on any atom is 0.255 e. The third kappa shape index (κ3) is 3.90. The summed E-state index contributed by atoms with van der Waals surface area (Å²) in [6, 6.07) is 5.93. The van der Waals surface area contributed by atoms with E-state index in [1.54, 1.807) is 4.90 Å². The summed E-state index contributed by atoms with van der Waals surface area (Å²) in [7, 11) is 0. The van der Waals surface area contributed by atoms with Crippen molar-refractivity contribution in [3.8, 4) is 0 Å². The molecule has 28 heavy (non-hydrogen) atoms. The lowest BCUT2D eigenvalue weighted by atomic mass is 10.1. The summed E-state index contributed by atoms with van der Waals surface area (Å²) in [6.45, 7) is 6.48. The van der Waals surface area contributed by atoms with E-state index in [4.69, 9.17) is 11.6 Å². The first-order chi connectivity index (χ1) is 13.5. The van der Waals surface area contributed by atoms with Crippen LogP contribution in [0, 0.1) is 12.7 Å². The van der Waals surface area contributed by atoms with Gasteiger partial charge in [0.05, 0.1) is 10.6 Å². The molecule has 2 aliphatic rings. The fourth-order valence-corrected chi connectivity index (χ4v) is 4.03. The van der Waals surface area contributed by atoms with Crippen molar-refractivity contribution in [3.05, 3.63) is 46.5 Å². The molecule has 0 bridgehead atoms. The molecule has 2 aliphatic heterocycles. The van der Waals surface area contributed by atoms with Gasteiger partial charge in [-0.05, 0) is 38.0 Å². The van der Waals surface area contributed by atoms with Crippen LogP contribution in [0.1, 0.15) is 29.0 Å². The average Bonchev–Trinajstić information content (AvgIpc) is 3.22. The molecule has 6 nitrogen and oxygen atoms in total. The number of hydrogen-bond donors (Lipinski definition) is 0. The van der Waals surface area contributed by atoms with Gasteiger partial charge < -0.3 is 14.7 Å². The number of rotatable bonds is 3. The van der Waals surface area contributed by atoms with Crippen LogP contribution in [0.5, 0.6) is 0 Å². The lowest BCUT2D eigenvalue weighted by molar-refractivity contribution is 0.0746. The Morgan fingerprint density at radius 2 is 1.57 bits per heavy atom. The maximum atomic E-state index is 13.2. The highest BCUT2D eigenvalue weighted by molar-refractivity contribution is 6.33. The van der Waals surface area contributed by atoms with E-state index in [0.29, 0.717) is 31.7 Å². The molecule has 2 aromatic rings. The first-order valence-corrected chi connectivity index (χ1v) is 9.99. The SMILES string of the molecule is Cc1nc(N2CCCC2)cc(N2CCN(C(=O)c3ccc(F)cc3Cl)CC2)n1. The van der Waals surface area contributed by atoms with E-state index in [-0.39, 0.29) is 10.9 Å². The van der Waals surface area contributed by atoms with Gasteiger partial charge in [-0.15, -0.1) is 0 Å². The molecule has 0 N–H and O–H groups in total. The van der Waals surface area contributed by atoms with Crippen LogP contribution < -0.4 is 9.80 Å². The molecule has 0 atom stereocenters. The molecule has 0 radical (unpaired) electrons. The van der Waals surface area contributed by atoms with Gasteiger partial charge in [-0.25, -0.2) is 14.4 Å². The number of anilines is 2. The van der Waals surface area contributed by atoms with E-state index in [2.05, 4.69) is 19.8 Å². The highest BCUT2D eigenvalue weighted by Crippen LogP contribution is 2.24. The maximum absolute atomic E-state index is 13.2. The van der Waals surface area contributed by atoms with Crippen LogP contribution in [-0.2, 0) is 0 Å². The Morgan fingerprint density at radius 1 is 0.964 bits per heavy atom. The fourth-order valence-electron chi connectivity index (χ4n) is 3.78.